The Bertz CT molecular complexity index is 4330. The van der Waals surface area contributed by atoms with Crippen LogP contribution >= 0.6 is 0 Å². The first kappa shape index (κ1) is 68.1. The van der Waals surface area contributed by atoms with Gasteiger partial charge in [-0.3, -0.25) is 0 Å². The molecule has 8 aromatic rings. The van der Waals surface area contributed by atoms with Gasteiger partial charge in [0.25, 0.3) is 0 Å². The van der Waals surface area contributed by atoms with Gasteiger partial charge in [0, 0.05) is 0 Å². The smallest absolute Gasteiger partial charge is 1.00 e. The average molecular weight is 1450 g/mol. The van der Waals surface area contributed by atoms with Gasteiger partial charge in [-0.2, -0.15) is 0 Å². The molecule has 4 unspecified atom stereocenters. The predicted octanol–water partition coefficient (Wildman–Crippen LogP) is 17.1. The summed E-state index contributed by atoms with van der Waals surface area (Å²) in [5.74, 6) is 0. The van der Waals surface area contributed by atoms with Gasteiger partial charge in [-0.05, 0) is 0 Å². The molecule has 506 valence electrons. The first-order valence-corrected chi connectivity index (χ1v) is 47.6. The summed E-state index contributed by atoms with van der Waals surface area (Å²) in [5.41, 5.74) is 52.2. The van der Waals surface area contributed by atoms with Gasteiger partial charge in [0.05, 0.1) is 0 Å². The van der Waals surface area contributed by atoms with Gasteiger partial charge in [-0.1, -0.05) is 0 Å². The maximum absolute atomic E-state index is 5.03. The molecule has 8 aliphatic carbocycles. The quantitative estimate of drug-likeness (QED) is 0.154. The zero-order chi connectivity index (χ0) is 67.6. The van der Waals surface area contributed by atoms with Crippen molar-refractivity contribution in [1.82, 2.24) is 0 Å². The molecule has 8 aromatic carbocycles. The minimum absolute atomic E-state index is 0. The van der Waals surface area contributed by atoms with Crippen LogP contribution in [-0.4, -0.2) is 17.6 Å². The Morgan fingerprint density at radius 3 is 0.667 bits per heavy atom. The molecule has 0 bridgehead atoms. The summed E-state index contributed by atoms with van der Waals surface area (Å²) in [6.45, 7) is 45.9. The first-order chi connectivity index (χ1) is 46.1. The van der Waals surface area contributed by atoms with Crippen molar-refractivity contribution in [2.45, 2.75) is 234 Å². The second-order valence-corrected chi connectivity index (χ2v) is 60.3. The zero-order valence-electron chi connectivity index (χ0n) is 62.8. The fourth-order valence-corrected chi connectivity index (χ4v) is 97.4. The molecule has 0 aromatic heterocycles. The van der Waals surface area contributed by atoms with Gasteiger partial charge in [0.2, 0.25) is 0 Å². The van der Waals surface area contributed by atoms with Crippen LogP contribution in [0.25, 0.3) is 68.8 Å². The van der Waals surface area contributed by atoms with E-state index < -0.39 is 37.9 Å². The largest absolute Gasteiger partial charge is 1.00 e. The predicted molar refractivity (Wildman–Crippen MR) is 418 cm³/mol. The van der Waals surface area contributed by atoms with Crippen LogP contribution in [0.15, 0.2) is 144 Å². The van der Waals surface area contributed by atoms with E-state index in [1.54, 1.807) is 111 Å². The summed E-state index contributed by atoms with van der Waals surface area (Å²) in [5, 5.41) is 0. The fourth-order valence-electron chi connectivity index (χ4n) is 24.9. The van der Waals surface area contributed by atoms with Crippen molar-refractivity contribution in [2.24, 2.45) is 0 Å². The molecule has 18 rings (SSSR count). The molecule has 0 radical (unpaired) electrons. The van der Waals surface area contributed by atoms with Crippen LogP contribution in [-0.2, 0) is 104 Å². The Morgan fingerprint density at radius 2 is 0.485 bits per heavy atom. The average Bonchev–Trinajstić information content (AvgIpc) is 1.52. The van der Waals surface area contributed by atoms with Gasteiger partial charge in [0.1, 0.15) is 0 Å². The van der Waals surface area contributed by atoms with E-state index in [2.05, 4.69) is 270 Å². The summed E-state index contributed by atoms with van der Waals surface area (Å²) in [4.78, 5) is 0. The molecule has 0 amide bonds. The monoisotopic (exact) mass is 1450 g/mol. The fraction of sp³-hybridized carbons (Fsp3) is 0.404. The second-order valence-electron chi connectivity index (χ2n) is 36.9. The van der Waals surface area contributed by atoms with Crippen LogP contribution in [0.2, 0.25) is 13.1 Å². The third-order valence-corrected chi connectivity index (χ3v) is 78.0. The van der Waals surface area contributed by atoms with Crippen molar-refractivity contribution < 1.29 is 45.1 Å². The SMILES string of the molecule is CC1=Cc2c(cc3c(c2-c2ccc(C(C)(C)C)cc2)CCC3)[C]12[SiH](C)[C]1(C(C)=Cc3c1cc1c(c3-c3ccc(C(C)(C)C)cc3)CCC1)[Zr+2]21[C]2(C(C)=Cc3c2cc2c(c3-c3ccc(C(C)(C)C)cc3)CCC2)[SiH](C)[C]12C(C)=Cc1c2cc2c(c1-c1ccc(C(C)(C)C)cc1)CCC2.[Cl-].[Cl-]. The summed E-state index contributed by atoms with van der Waals surface area (Å²) >= 11 is -5.03. The number of halogens is 2. The summed E-state index contributed by atoms with van der Waals surface area (Å²) < 4.78 is -0.167. The molecule has 2 aliphatic heterocycles. The van der Waals surface area contributed by atoms with Crippen LogP contribution in [0.3, 0.4) is 0 Å². The molecule has 5 heteroatoms. The van der Waals surface area contributed by atoms with E-state index in [1.165, 1.54) is 122 Å². The van der Waals surface area contributed by atoms with Gasteiger partial charge in [-0.15, -0.1) is 0 Å². The molecular weight excluding hydrogens is 1350 g/mol. The normalized spacial score (nSPS) is 25.4. The van der Waals surface area contributed by atoms with Crippen LogP contribution in [0.1, 0.15) is 248 Å². The molecule has 4 atom stereocenters. The Kier molecular flexibility index (Phi) is 15.3. The molecule has 0 N–H and O–H groups in total. The van der Waals surface area contributed by atoms with Gasteiger partial charge in [0.15, 0.2) is 0 Å². The molecule has 0 saturated carbocycles. The number of hydrogen-bond donors (Lipinski definition) is 0. The summed E-state index contributed by atoms with van der Waals surface area (Å²) in [6, 6.07) is 52.6. The number of benzene rings is 8. The van der Waals surface area contributed by atoms with Crippen molar-refractivity contribution in [2.75, 3.05) is 0 Å². The summed E-state index contributed by atoms with van der Waals surface area (Å²) in [6.07, 6.45) is 26.1. The number of aryl methyl sites for hydroxylation is 4. The molecule has 2 saturated heterocycles. The van der Waals surface area contributed by atoms with Crippen LogP contribution in [0, 0.1) is 0 Å². The van der Waals surface area contributed by atoms with Crippen LogP contribution in [0.4, 0.5) is 0 Å². The molecule has 0 nitrogen and oxygen atoms in total. The topological polar surface area (TPSA) is 0 Å². The number of rotatable bonds is 4. The Balaban J connectivity index is 0.00000382. The van der Waals surface area contributed by atoms with Crippen molar-refractivity contribution in [3.63, 3.8) is 0 Å². The molecule has 2 heterocycles. The minimum Gasteiger partial charge on any atom is -1.00 e. The minimum atomic E-state index is -5.03. The standard InChI is InChI=1S/2C47H52Si.2ClH.Zr/c2*1-28-24-38-40(26-32-12-10-14-36(32)42(38)30-16-20-34(21-17-30)46(3,4)5)44(28)48(9)45-29(2)25-39-41(45)27-33-13-11-15-37(33)43(39)31-18-22-35(23-19-31)47(6,7)8;;;/h2*16-27,48H,10-15H2,1-9H3;2*1H;/q;;;;+2/p-2. The van der Waals surface area contributed by atoms with Gasteiger partial charge in [-0.25, -0.2) is 0 Å². The maximum Gasteiger partial charge on any atom is -1.00 e. The van der Waals surface area contributed by atoms with Crippen molar-refractivity contribution in [3.05, 3.63) is 255 Å². The second kappa shape index (κ2) is 22.3. The van der Waals surface area contributed by atoms with E-state index in [1.807, 2.05) is 22.3 Å². The maximum atomic E-state index is 3.04. The zero-order valence-corrected chi connectivity index (χ0v) is 69.0. The summed E-state index contributed by atoms with van der Waals surface area (Å²) in [7, 11) is -4.29. The Morgan fingerprint density at radius 1 is 0.293 bits per heavy atom. The molecule has 5 spiro atoms. The Hall–Kier alpha value is -5.38. The van der Waals surface area contributed by atoms with Crippen LogP contribution in [0.5, 0.6) is 0 Å². The molecule has 99 heavy (non-hydrogen) atoms. The number of hydrogen-bond acceptors (Lipinski definition) is 0. The third-order valence-electron chi connectivity index (χ3n) is 28.5. The van der Waals surface area contributed by atoms with Crippen molar-refractivity contribution >= 4 is 41.9 Å². The molecular formula is C94H104Cl2Si2Zr. The van der Waals surface area contributed by atoms with E-state index in [0.29, 0.717) is 0 Å². The third kappa shape index (κ3) is 8.30. The van der Waals surface area contributed by atoms with E-state index in [-0.39, 0.29) is 57.5 Å². The van der Waals surface area contributed by atoms with E-state index in [0.717, 1.165) is 0 Å². The van der Waals surface area contributed by atoms with Gasteiger partial charge >= 0.3 is 595 Å². The molecule has 10 aliphatic rings. The van der Waals surface area contributed by atoms with Crippen molar-refractivity contribution in [3.8, 4) is 44.5 Å². The van der Waals surface area contributed by atoms with Crippen LogP contribution < -0.4 is 24.8 Å². The number of fused-ring (bicyclic) bond motifs is 16. The van der Waals surface area contributed by atoms with E-state index in [4.69, 9.17) is 0 Å². The van der Waals surface area contributed by atoms with E-state index >= 15 is 0 Å². The van der Waals surface area contributed by atoms with E-state index in [9.17, 15) is 0 Å². The van der Waals surface area contributed by atoms with Crippen molar-refractivity contribution in [1.29, 1.82) is 0 Å². The Labute approximate surface area is 614 Å². The number of allylic oxidation sites excluding steroid dienone is 4. The van der Waals surface area contributed by atoms with Gasteiger partial charge < -0.3 is 24.8 Å². The molecule has 2 fully saturated rings. The first-order valence-electron chi connectivity index (χ1n) is 38.0.